The molecule has 2 unspecified atom stereocenters. The number of carbonyl (C=O) groups is 1. The normalized spacial score (nSPS) is 21.9. The van der Waals surface area contributed by atoms with E-state index in [0.717, 1.165) is 17.4 Å². The molecular weight excluding hydrogens is 499 g/mol. The fraction of sp³-hybridized carbons (Fsp3) is 0.385. The van der Waals surface area contributed by atoms with Crippen LogP contribution in [0.4, 0.5) is 4.39 Å². The van der Waals surface area contributed by atoms with E-state index >= 15 is 0 Å². The quantitative estimate of drug-likeness (QED) is 0.465. The molecule has 0 aliphatic carbocycles. The smallest absolute Gasteiger partial charge is 0.245 e. The maximum Gasteiger partial charge on any atom is 0.245 e. The number of halogens is 1. The molecule has 0 N–H and O–H groups in total. The second-order valence-corrected chi connectivity index (χ2v) is 12.2. The van der Waals surface area contributed by atoms with Gasteiger partial charge in [-0.2, -0.15) is 4.31 Å². The Kier molecular flexibility index (Phi) is 7.30. The van der Waals surface area contributed by atoms with Crippen molar-refractivity contribution in [1.82, 2.24) is 19.1 Å². The summed E-state index contributed by atoms with van der Waals surface area (Å²) in [6.45, 7) is 5.05. The topological polar surface area (TPSA) is 73.8 Å². The zero-order valence-corrected chi connectivity index (χ0v) is 21.7. The molecule has 2 aliphatic rings. The molecule has 1 aromatic heterocycles. The van der Waals surface area contributed by atoms with Crippen molar-refractivity contribution < 1.29 is 17.6 Å². The lowest BCUT2D eigenvalue weighted by Crippen LogP contribution is -2.50. The summed E-state index contributed by atoms with van der Waals surface area (Å²) in [5.74, 6) is -0.222. The molecule has 2 saturated heterocycles. The summed E-state index contributed by atoms with van der Waals surface area (Å²) in [5, 5.41) is 0.455. The fourth-order valence-electron chi connectivity index (χ4n) is 4.87. The van der Waals surface area contributed by atoms with Gasteiger partial charge in [0.1, 0.15) is 16.1 Å². The maximum atomic E-state index is 13.9. The number of sulfonamides is 1. The molecule has 5 rings (SSSR count). The number of fused-ring (bicyclic) bond motifs is 1. The molecule has 0 saturated carbocycles. The van der Waals surface area contributed by atoms with E-state index in [1.54, 1.807) is 42.2 Å². The lowest BCUT2D eigenvalue weighted by Gasteiger charge is -2.35. The number of benzene rings is 2. The zero-order valence-electron chi connectivity index (χ0n) is 20.1. The number of hydrogen-bond acceptors (Lipinski definition) is 6. The fourth-order valence-corrected chi connectivity index (χ4v) is 7.87. The zero-order chi connectivity index (χ0) is 25.3. The van der Waals surface area contributed by atoms with Crippen molar-refractivity contribution in [3.8, 4) is 0 Å². The monoisotopic (exact) mass is 528 g/mol. The second-order valence-electron chi connectivity index (χ2n) is 9.05. The third kappa shape index (κ3) is 4.87. The summed E-state index contributed by atoms with van der Waals surface area (Å²) in [6, 6.07) is 15.3. The highest BCUT2D eigenvalue weighted by molar-refractivity contribution is 8.01. The first-order valence-electron chi connectivity index (χ1n) is 12.2. The number of rotatable bonds is 7. The molecule has 2 fully saturated rings. The van der Waals surface area contributed by atoms with Crippen molar-refractivity contribution in [2.24, 2.45) is 0 Å². The Bertz CT molecular complexity index is 1360. The number of nitrogens with zero attached hydrogens (tertiary/aromatic N) is 4. The summed E-state index contributed by atoms with van der Waals surface area (Å²) in [7, 11) is -3.67. The first-order valence-corrected chi connectivity index (χ1v) is 14.5. The van der Waals surface area contributed by atoms with Crippen molar-refractivity contribution in [3.63, 3.8) is 0 Å². The van der Waals surface area contributed by atoms with Crippen molar-refractivity contribution >= 4 is 38.6 Å². The van der Waals surface area contributed by atoms with Gasteiger partial charge in [-0.25, -0.2) is 12.8 Å². The Hall–Kier alpha value is -2.53. The van der Waals surface area contributed by atoms with Gasteiger partial charge in [-0.3, -0.25) is 14.7 Å². The van der Waals surface area contributed by atoms with Crippen LogP contribution in [0.5, 0.6) is 0 Å². The van der Waals surface area contributed by atoms with Gasteiger partial charge in [-0.05, 0) is 36.2 Å². The molecule has 190 valence electrons. The highest BCUT2D eigenvalue weighted by Gasteiger charge is 2.40. The average molecular weight is 529 g/mol. The second kappa shape index (κ2) is 10.5. The highest BCUT2D eigenvalue weighted by atomic mass is 32.2. The van der Waals surface area contributed by atoms with Gasteiger partial charge in [0, 0.05) is 50.9 Å². The average Bonchev–Trinajstić information content (AvgIpc) is 3.22. The lowest BCUT2D eigenvalue weighted by atomic mass is 10.2. The minimum atomic E-state index is -3.67. The molecular formula is C26H29FN4O3S2. The van der Waals surface area contributed by atoms with Crippen LogP contribution in [0.15, 0.2) is 65.7 Å². The van der Waals surface area contributed by atoms with Crippen LogP contribution >= 0.6 is 11.8 Å². The van der Waals surface area contributed by atoms with E-state index in [1.165, 1.54) is 16.4 Å². The lowest BCUT2D eigenvalue weighted by molar-refractivity contribution is -0.130. The van der Waals surface area contributed by atoms with Crippen molar-refractivity contribution in [1.29, 1.82) is 0 Å². The van der Waals surface area contributed by atoms with Gasteiger partial charge in [-0.1, -0.05) is 37.3 Å². The van der Waals surface area contributed by atoms with Gasteiger partial charge >= 0.3 is 0 Å². The highest BCUT2D eigenvalue weighted by Crippen LogP contribution is 2.44. The summed E-state index contributed by atoms with van der Waals surface area (Å²) in [5.41, 5.74) is 1.28. The summed E-state index contributed by atoms with van der Waals surface area (Å²) < 4.78 is 42.2. The van der Waals surface area contributed by atoms with Crippen LogP contribution in [0.3, 0.4) is 0 Å². The van der Waals surface area contributed by atoms with Gasteiger partial charge < -0.3 is 4.90 Å². The first kappa shape index (κ1) is 25.1. The summed E-state index contributed by atoms with van der Waals surface area (Å²) >= 11 is 1.58. The van der Waals surface area contributed by atoms with Crippen LogP contribution in [0, 0.1) is 5.82 Å². The molecule has 0 radical (unpaired) electrons. The molecule has 2 aromatic carbocycles. The van der Waals surface area contributed by atoms with Gasteiger partial charge in [0.2, 0.25) is 15.9 Å². The number of para-hydroxylation sites is 1. The summed E-state index contributed by atoms with van der Waals surface area (Å²) in [4.78, 5) is 21.6. The molecule has 0 spiro atoms. The predicted octanol–water partition coefficient (Wildman–Crippen LogP) is 3.73. The number of pyridine rings is 1. The predicted molar refractivity (Wildman–Crippen MR) is 139 cm³/mol. The van der Waals surface area contributed by atoms with E-state index in [-0.39, 0.29) is 27.2 Å². The standard InChI is InChI=1S/C26H29FN4O3S2/c1-2-22-25(32)31(26(35-22)20-7-3-9-21(27)18-20)17-14-29-12-15-30(16-13-29)36(33,34)23-10-4-6-19-8-5-11-28-24(19)23/h3-11,18,22,26H,2,12-17H2,1H3. The third-order valence-corrected chi connectivity index (χ3v) is 10.4. The Balaban J connectivity index is 1.24. The van der Waals surface area contributed by atoms with E-state index in [0.29, 0.717) is 44.8 Å². The molecule has 2 atom stereocenters. The maximum absolute atomic E-state index is 13.9. The minimum absolute atomic E-state index is 0.0847. The Morgan fingerprint density at radius 3 is 2.53 bits per heavy atom. The van der Waals surface area contributed by atoms with Crippen molar-refractivity contribution in [3.05, 3.63) is 72.2 Å². The van der Waals surface area contributed by atoms with Gasteiger partial charge in [0.15, 0.2) is 0 Å². The van der Waals surface area contributed by atoms with Gasteiger partial charge in [0.05, 0.1) is 10.8 Å². The van der Waals surface area contributed by atoms with Gasteiger partial charge in [0.25, 0.3) is 0 Å². The number of carbonyl (C=O) groups excluding carboxylic acids is 1. The van der Waals surface area contributed by atoms with Crippen LogP contribution in [-0.4, -0.2) is 77.9 Å². The third-order valence-electron chi connectivity index (χ3n) is 6.84. The van der Waals surface area contributed by atoms with E-state index in [1.807, 2.05) is 30.0 Å². The van der Waals surface area contributed by atoms with Crippen LogP contribution in [-0.2, 0) is 14.8 Å². The molecule has 2 aliphatic heterocycles. The molecule has 1 amide bonds. The number of piperazine rings is 1. The number of thioether (sulfide) groups is 1. The first-order chi connectivity index (χ1) is 17.4. The number of aromatic nitrogens is 1. The molecule has 3 aromatic rings. The molecule has 3 heterocycles. The molecule has 10 heteroatoms. The largest absolute Gasteiger partial charge is 0.324 e. The summed E-state index contributed by atoms with van der Waals surface area (Å²) in [6.07, 6.45) is 2.34. The Morgan fingerprint density at radius 1 is 1.03 bits per heavy atom. The van der Waals surface area contributed by atoms with Crippen LogP contribution in [0.2, 0.25) is 0 Å². The SMILES string of the molecule is CCC1SC(c2cccc(F)c2)N(CCN2CCN(S(=O)(=O)c3cccc4cccnc34)CC2)C1=O. The van der Waals surface area contributed by atoms with E-state index in [4.69, 9.17) is 0 Å². The molecule has 0 bridgehead atoms. The Morgan fingerprint density at radius 2 is 1.78 bits per heavy atom. The van der Waals surface area contributed by atoms with Gasteiger partial charge in [-0.15, -0.1) is 11.8 Å². The van der Waals surface area contributed by atoms with Crippen LogP contribution in [0.1, 0.15) is 24.3 Å². The number of amides is 1. The minimum Gasteiger partial charge on any atom is -0.324 e. The van der Waals surface area contributed by atoms with E-state index in [2.05, 4.69) is 9.88 Å². The van der Waals surface area contributed by atoms with Crippen LogP contribution < -0.4 is 0 Å². The Labute approximate surface area is 215 Å². The van der Waals surface area contributed by atoms with E-state index < -0.39 is 10.0 Å². The van der Waals surface area contributed by atoms with Crippen molar-refractivity contribution in [2.45, 2.75) is 28.9 Å². The van der Waals surface area contributed by atoms with E-state index in [9.17, 15) is 17.6 Å². The van der Waals surface area contributed by atoms with Crippen molar-refractivity contribution in [2.75, 3.05) is 39.3 Å². The number of hydrogen-bond donors (Lipinski definition) is 0. The molecule has 7 nitrogen and oxygen atoms in total. The molecule has 36 heavy (non-hydrogen) atoms. The van der Waals surface area contributed by atoms with Crippen LogP contribution in [0.25, 0.3) is 10.9 Å².